The molecule has 0 aromatic heterocycles. The lowest BCUT2D eigenvalue weighted by Gasteiger charge is -2.19. The summed E-state index contributed by atoms with van der Waals surface area (Å²) in [6.45, 7) is 9.69. The smallest absolute Gasteiger partial charge is 0.123 e. The predicted molar refractivity (Wildman–Crippen MR) is 57.8 cm³/mol. The van der Waals surface area contributed by atoms with Gasteiger partial charge in [-0.2, -0.15) is 0 Å². The van der Waals surface area contributed by atoms with Crippen molar-refractivity contribution >= 4 is 7.14 Å². The largest absolute Gasteiger partial charge is 0.362 e. The van der Waals surface area contributed by atoms with E-state index in [9.17, 15) is 4.57 Å². The quantitative estimate of drug-likeness (QED) is 0.517. The van der Waals surface area contributed by atoms with Gasteiger partial charge in [-0.1, -0.05) is 5.92 Å². The summed E-state index contributed by atoms with van der Waals surface area (Å²) in [7, 11) is -1.94. The summed E-state index contributed by atoms with van der Waals surface area (Å²) in [4.78, 5) is 0. The Labute approximate surface area is 81.4 Å². The molecule has 0 bridgehead atoms. The molecule has 0 saturated heterocycles. The fourth-order valence-electron chi connectivity index (χ4n) is 0.858. The Morgan fingerprint density at radius 3 is 2.31 bits per heavy atom. The van der Waals surface area contributed by atoms with Crippen molar-refractivity contribution in [1.29, 1.82) is 0 Å². The highest BCUT2D eigenvalue weighted by atomic mass is 31.2. The van der Waals surface area contributed by atoms with Gasteiger partial charge in [0.1, 0.15) is 5.60 Å². The molecule has 0 fully saturated rings. The summed E-state index contributed by atoms with van der Waals surface area (Å²) >= 11 is 0. The number of hydrogen-bond donors (Lipinski definition) is 0. The lowest BCUT2D eigenvalue weighted by Crippen LogP contribution is -2.23. The summed E-state index contributed by atoms with van der Waals surface area (Å²) in [6, 6.07) is 0. The van der Waals surface area contributed by atoms with Crippen LogP contribution in [0.1, 0.15) is 20.8 Å². The number of hydrogen-bond acceptors (Lipinski definition) is 2. The highest BCUT2D eigenvalue weighted by Crippen LogP contribution is 2.35. The Balaban J connectivity index is 3.88. The number of ether oxygens (including phenoxy) is 1. The molecule has 0 aliphatic heterocycles. The van der Waals surface area contributed by atoms with Gasteiger partial charge in [-0.15, -0.1) is 5.92 Å². The van der Waals surface area contributed by atoms with E-state index in [1.54, 1.807) is 20.3 Å². The van der Waals surface area contributed by atoms with Crippen molar-refractivity contribution in [3.05, 3.63) is 0 Å². The maximum absolute atomic E-state index is 11.3. The van der Waals surface area contributed by atoms with Crippen LogP contribution in [0.3, 0.4) is 0 Å². The third kappa shape index (κ3) is 8.09. The van der Waals surface area contributed by atoms with E-state index in [0.29, 0.717) is 12.8 Å². The molecule has 0 saturated carbocycles. The average molecular weight is 202 g/mol. The van der Waals surface area contributed by atoms with Gasteiger partial charge >= 0.3 is 0 Å². The first-order valence-electron chi connectivity index (χ1n) is 4.39. The SMILES string of the molecule is CC#CC(C)(C)OCCP(C)(C)=O. The first kappa shape index (κ1) is 12.8. The van der Waals surface area contributed by atoms with Gasteiger partial charge < -0.3 is 9.30 Å². The Morgan fingerprint density at radius 1 is 1.38 bits per heavy atom. The minimum Gasteiger partial charge on any atom is -0.362 e. The molecule has 0 aromatic rings. The molecule has 0 aliphatic carbocycles. The summed E-state index contributed by atoms with van der Waals surface area (Å²) < 4.78 is 16.8. The topological polar surface area (TPSA) is 26.3 Å². The van der Waals surface area contributed by atoms with Gasteiger partial charge in [0.15, 0.2) is 0 Å². The zero-order valence-electron chi connectivity index (χ0n) is 9.18. The summed E-state index contributed by atoms with van der Waals surface area (Å²) in [6.07, 6.45) is 0.627. The number of rotatable bonds is 4. The van der Waals surface area contributed by atoms with E-state index in [1.165, 1.54) is 0 Å². The molecular weight excluding hydrogens is 183 g/mol. The van der Waals surface area contributed by atoms with Crippen molar-refractivity contribution < 1.29 is 9.30 Å². The first-order valence-corrected chi connectivity index (χ1v) is 7.17. The fourth-order valence-corrected chi connectivity index (χ4v) is 1.39. The van der Waals surface area contributed by atoms with Crippen molar-refractivity contribution in [2.75, 3.05) is 26.1 Å². The lowest BCUT2D eigenvalue weighted by atomic mass is 10.1. The van der Waals surface area contributed by atoms with Gasteiger partial charge in [0.05, 0.1) is 13.7 Å². The van der Waals surface area contributed by atoms with Crippen LogP contribution >= 0.6 is 7.14 Å². The van der Waals surface area contributed by atoms with Crippen molar-refractivity contribution in [3.63, 3.8) is 0 Å². The van der Waals surface area contributed by atoms with Crippen molar-refractivity contribution in [2.45, 2.75) is 26.4 Å². The summed E-state index contributed by atoms with van der Waals surface area (Å²) in [5.74, 6) is 5.76. The second kappa shape index (κ2) is 4.84. The molecule has 3 heteroatoms. The second-order valence-corrected chi connectivity index (χ2v) is 7.63. The summed E-state index contributed by atoms with van der Waals surface area (Å²) in [5.41, 5.74) is -0.413. The van der Waals surface area contributed by atoms with Gasteiger partial charge in [-0.05, 0) is 34.1 Å². The van der Waals surface area contributed by atoms with E-state index in [2.05, 4.69) is 11.8 Å². The minimum absolute atomic E-state index is 0.413. The monoisotopic (exact) mass is 202 g/mol. The van der Waals surface area contributed by atoms with Crippen LogP contribution in [-0.2, 0) is 9.30 Å². The van der Waals surface area contributed by atoms with Crippen LogP contribution in [-0.4, -0.2) is 31.7 Å². The standard InChI is InChI=1S/C10H19O2P/c1-6-7-10(2,3)12-8-9-13(4,5)11/h8-9H2,1-5H3. The van der Waals surface area contributed by atoms with Crippen LogP contribution in [0.2, 0.25) is 0 Å². The second-order valence-electron chi connectivity index (χ2n) is 4.03. The third-order valence-electron chi connectivity index (χ3n) is 1.52. The molecular formula is C10H19O2P. The van der Waals surface area contributed by atoms with Gasteiger partial charge in [0.25, 0.3) is 0 Å². The zero-order chi connectivity index (χ0) is 10.5. The van der Waals surface area contributed by atoms with Crippen LogP contribution in [0.5, 0.6) is 0 Å². The summed E-state index contributed by atoms with van der Waals surface area (Å²) in [5, 5.41) is 0. The van der Waals surface area contributed by atoms with Crippen LogP contribution in [0.15, 0.2) is 0 Å². The molecule has 0 N–H and O–H groups in total. The van der Waals surface area contributed by atoms with Gasteiger partial charge in [-0.25, -0.2) is 0 Å². The highest BCUT2D eigenvalue weighted by molar-refractivity contribution is 7.62. The fraction of sp³-hybridized carbons (Fsp3) is 0.800. The van der Waals surface area contributed by atoms with Gasteiger partial charge in [0, 0.05) is 6.16 Å². The van der Waals surface area contributed by atoms with E-state index >= 15 is 0 Å². The van der Waals surface area contributed by atoms with Crippen molar-refractivity contribution in [3.8, 4) is 11.8 Å². The Bertz CT molecular complexity index is 252. The van der Waals surface area contributed by atoms with Crippen LogP contribution < -0.4 is 0 Å². The minimum atomic E-state index is -1.94. The molecule has 0 amide bonds. The molecule has 0 spiro atoms. The van der Waals surface area contributed by atoms with Crippen molar-refractivity contribution in [2.24, 2.45) is 0 Å². The molecule has 13 heavy (non-hydrogen) atoms. The molecule has 0 rings (SSSR count). The van der Waals surface area contributed by atoms with E-state index in [1.807, 2.05) is 13.8 Å². The third-order valence-corrected chi connectivity index (χ3v) is 2.78. The Hall–Kier alpha value is -0.250. The molecule has 2 nitrogen and oxygen atoms in total. The molecule has 0 aliphatic rings. The molecule has 0 atom stereocenters. The maximum atomic E-state index is 11.3. The van der Waals surface area contributed by atoms with E-state index in [4.69, 9.17) is 4.74 Å². The molecule has 0 radical (unpaired) electrons. The first-order chi connectivity index (χ1) is 5.77. The lowest BCUT2D eigenvalue weighted by molar-refractivity contribution is 0.0373. The average Bonchev–Trinajstić information content (AvgIpc) is 1.82. The zero-order valence-corrected chi connectivity index (χ0v) is 10.1. The molecule has 0 aromatic carbocycles. The van der Waals surface area contributed by atoms with Gasteiger partial charge in [-0.3, -0.25) is 0 Å². The van der Waals surface area contributed by atoms with Crippen molar-refractivity contribution in [1.82, 2.24) is 0 Å². The maximum Gasteiger partial charge on any atom is 0.123 e. The highest BCUT2D eigenvalue weighted by Gasteiger charge is 2.15. The van der Waals surface area contributed by atoms with E-state index < -0.39 is 12.7 Å². The van der Waals surface area contributed by atoms with Crippen LogP contribution in [0, 0.1) is 11.8 Å². The molecule has 0 heterocycles. The normalized spacial score (nSPS) is 12.1. The van der Waals surface area contributed by atoms with E-state index in [-0.39, 0.29) is 0 Å². The Kier molecular flexibility index (Phi) is 4.75. The predicted octanol–water partition coefficient (Wildman–Crippen LogP) is 2.43. The molecule has 0 unspecified atom stereocenters. The van der Waals surface area contributed by atoms with Gasteiger partial charge in [0.2, 0.25) is 0 Å². The van der Waals surface area contributed by atoms with Crippen LogP contribution in [0.25, 0.3) is 0 Å². The molecule has 76 valence electrons. The Morgan fingerprint density at radius 2 is 1.92 bits per heavy atom. The van der Waals surface area contributed by atoms with E-state index in [0.717, 1.165) is 0 Å². The van der Waals surface area contributed by atoms with Crippen LogP contribution in [0.4, 0.5) is 0 Å².